The van der Waals surface area contributed by atoms with Gasteiger partial charge in [-0.05, 0) is 67.3 Å². The van der Waals surface area contributed by atoms with Gasteiger partial charge >= 0.3 is 12.2 Å². The van der Waals surface area contributed by atoms with Crippen LogP contribution in [0.15, 0.2) is 91.0 Å². The maximum Gasteiger partial charge on any atom is 0.411 e. The topological polar surface area (TPSA) is 132 Å². The Morgan fingerprint density at radius 3 is 2.24 bits per heavy atom. The van der Waals surface area contributed by atoms with Crippen LogP contribution in [0.4, 0.5) is 21.0 Å². The van der Waals surface area contributed by atoms with Crippen molar-refractivity contribution in [2.45, 2.75) is 63.7 Å². The van der Waals surface area contributed by atoms with Crippen molar-refractivity contribution in [3.63, 3.8) is 0 Å². The van der Waals surface area contributed by atoms with E-state index in [1.54, 1.807) is 0 Å². The second-order valence-corrected chi connectivity index (χ2v) is 12.5. The Morgan fingerprint density at radius 1 is 0.820 bits per heavy atom. The number of aldehydes is 1. The largest absolute Gasteiger partial charge is 0.496 e. The number of anilines is 2. The average molecular weight is 698 g/mol. The monoisotopic (exact) mass is 697 g/mol. The number of alkyl carbamates (subject to hydrolysis) is 1. The molecular weight excluding hydrogens is 658 g/mol. The summed E-state index contributed by atoms with van der Waals surface area (Å²) in [5.74, 6) is 0.0860. The second-order valence-electron chi connectivity index (χ2n) is 12.0. The number of carbonyl (C=O) groups excluding carboxylic acids is 4. The van der Waals surface area contributed by atoms with Crippen molar-refractivity contribution < 1.29 is 33.4 Å². The van der Waals surface area contributed by atoms with Gasteiger partial charge in [-0.1, -0.05) is 84.4 Å². The van der Waals surface area contributed by atoms with E-state index in [-0.39, 0.29) is 36.1 Å². The van der Waals surface area contributed by atoms with Gasteiger partial charge in [0.25, 0.3) is 0 Å². The molecule has 0 radical (unpaired) electrons. The van der Waals surface area contributed by atoms with Gasteiger partial charge in [-0.3, -0.25) is 14.9 Å². The van der Waals surface area contributed by atoms with Crippen LogP contribution in [0.2, 0.25) is 5.02 Å². The number of rotatable bonds is 13. The number of amides is 3. The minimum Gasteiger partial charge on any atom is -0.496 e. The molecule has 0 atom stereocenters. The Hall–Kier alpha value is -5.35. The highest BCUT2D eigenvalue weighted by Gasteiger charge is 2.26. The molecule has 3 N–H and O–H groups in total. The van der Waals surface area contributed by atoms with E-state index in [0.717, 1.165) is 22.3 Å². The quantitative estimate of drug-likeness (QED) is 0.119. The summed E-state index contributed by atoms with van der Waals surface area (Å²) in [7, 11) is 1.44. The molecule has 0 heterocycles. The Balaban J connectivity index is 1.13. The predicted octanol–water partition coefficient (Wildman–Crippen LogP) is 8.58. The van der Waals surface area contributed by atoms with Crippen molar-refractivity contribution >= 4 is 47.4 Å². The molecule has 0 aromatic heterocycles. The standard InChI is InChI=1S/C39H40ClN3O7/c1-48-36-23-35(33(40)22-29(36)24-44)42-37(45)14-8-11-26-15-20-32(28-12-6-3-7-13-28)34(21-26)43-39(47)50-31-18-16-30(17-19-31)41-38(46)49-25-27-9-4-2-5-10-27/h2-7,9-10,12-13,15,20-24,30-31H,8,11,14,16-19,25H2,1H3,(H,41,46)(H,42,45)(H,43,47). The molecule has 0 aliphatic heterocycles. The number of nitrogens with one attached hydrogen (secondary N) is 3. The van der Waals surface area contributed by atoms with Gasteiger partial charge in [0.2, 0.25) is 5.91 Å². The maximum absolute atomic E-state index is 13.1. The molecule has 10 nitrogen and oxygen atoms in total. The summed E-state index contributed by atoms with van der Waals surface area (Å²) in [6, 6.07) is 28.0. The van der Waals surface area contributed by atoms with E-state index >= 15 is 0 Å². The third-order valence-electron chi connectivity index (χ3n) is 8.48. The first kappa shape index (κ1) is 35.9. The van der Waals surface area contributed by atoms with Crippen LogP contribution in [0.3, 0.4) is 0 Å². The summed E-state index contributed by atoms with van der Waals surface area (Å²) in [6.45, 7) is 0.206. The SMILES string of the molecule is COc1cc(NC(=O)CCCc2ccc(-c3ccccc3)c(NC(=O)OC3CCC(NC(=O)OCc4ccccc4)CC3)c2)c(Cl)cc1C=O. The summed E-state index contributed by atoms with van der Waals surface area (Å²) in [5.41, 5.74) is 4.90. The van der Waals surface area contributed by atoms with Crippen LogP contribution in [0.25, 0.3) is 11.1 Å². The molecule has 11 heteroatoms. The van der Waals surface area contributed by atoms with Crippen LogP contribution in [0, 0.1) is 0 Å². The average Bonchev–Trinajstić information content (AvgIpc) is 3.13. The Morgan fingerprint density at radius 2 is 1.54 bits per heavy atom. The molecule has 0 saturated heterocycles. The van der Waals surface area contributed by atoms with Crippen molar-refractivity contribution in [1.29, 1.82) is 0 Å². The number of ether oxygens (including phenoxy) is 3. The third kappa shape index (κ3) is 10.3. The van der Waals surface area contributed by atoms with Crippen LogP contribution in [-0.4, -0.2) is 43.6 Å². The molecule has 1 saturated carbocycles. The Kier molecular flexibility index (Phi) is 12.8. The lowest BCUT2D eigenvalue weighted by Crippen LogP contribution is -2.40. The molecule has 1 aliphatic carbocycles. The molecule has 50 heavy (non-hydrogen) atoms. The van der Waals surface area contributed by atoms with E-state index in [2.05, 4.69) is 16.0 Å². The minimum absolute atomic E-state index is 0.0486. The van der Waals surface area contributed by atoms with Gasteiger partial charge in [-0.2, -0.15) is 0 Å². The smallest absolute Gasteiger partial charge is 0.411 e. The normalized spacial score (nSPS) is 15.3. The lowest BCUT2D eigenvalue weighted by atomic mass is 9.93. The molecule has 260 valence electrons. The molecule has 1 aliphatic rings. The van der Waals surface area contributed by atoms with Gasteiger partial charge < -0.3 is 24.8 Å². The summed E-state index contributed by atoms with van der Waals surface area (Å²) in [5, 5.41) is 8.89. The molecule has 0 spiro atoms. The minimum atomic E-state index is -0.551. The fraction of sp³-hybridized carbons (Fsp3) is 0.282. The first-order valence-electron chi connectivity index (χ1n) is 16.6. The zero-order valence-electron chi connectivity index (χ0n) is 27.8. The second kappa shape index (κ2) is 17.9. The van der Waals surface area contributed by atoms with E-state index < -0.39 is 12.2 Å². The molecule has 1 fully saturated rings. The Labute approximate surface area is 296 Å². The molecule has 0 unspecified atom stereocenters. The van der Waals surface area contributed by atoms with Gasteiger partial charge in [0, 0.05) is 24.1 Å². The van der Waals surface area contributed by atoms with Crippen LogP contribution >= 0.6 is 11.6 Å². The van der Waals surface area contributed by atoms with Gasteiger partial charge in [0.05, 0.1) is 29.1 Å². The fourth-order valence-electron chi connectivity index (χ4n) is 5.87. The zero-order chi connectivity index (χ0) is 35.3. The van der Waals surface area contributed by atoms with Crippen molar-refractivity contribution in [2.75, 3.05) is 17.7 Å². The Bertz CT molecular complexity index is 1780. The third-order valence-corrected chi connectivity index (χ3v) is 8.79. The highest BCUT2D eigenvalue weighted by atomic mass is 35.5. The van der Waals surface area contributed by atoms with E-state index in [4.69, 9.17) is 25.8 Å². The van der Waals surface area contributed by atoms with E-state index in [9.17, 15) is 19.2 Å². The summed E-state index contributed by atoms with van der Waals surface area (Å²) < 4.78 is 16.4. The van der Waals surface area contributed by atoms with E-state index in [0.29, 0.717) is 67.5 Å². The number of benzene rings is 4. The summed E-state index contributed by atoms with van der Waals surface area (Å²) in [4.78, 5) is 49.4. The van der Waals surface area contributed by atoms with Crippen molar-refractivity contribution in [3.05, 3.63) is 113 Å². The van der Waals surface area contributed by atoms with Crippen molar-refractivity contribution in [2.24, 2.45) is 0 Å². The first-order chi connectivity index (χ1) is 24.3. The molecule has 4 aromatic rings. The number of carbonyl (C=O) groups is 4. The predicted molar refractivity (Wildman–Crippen MR) is 193 cm³/mol. The molecule has 4 aromatic carbocycles. The van der Waals surface area contributed by atoms with Crippen LogP contribution < -0.4 is 20.7 Å². The summed E-state index contributed by atoms with van der Waals surface area (Å²) >= 11 is 6.26. The van der Waals surface area contributed by atoms with Gasteiger partial charge in [0.15, 0.2) is 6.29 Å². The fourth-order valence-corrected chi connectivity index (χ4v) is 6.09. The van der Waals surface area contributed by atoms with Gasteiger partial charge in [-0.15, -0.1) is 0 Å². The number of hydrogen-bond donors (Lipinski definition) is 3. The van der Waals surface area contributed by atoms with E-state index in [1.165, 1.54) is 19.2 Å². The molecular formula is C39H40ClN3O7. The first-order valence-corrected chi connectivity index (χ1v) is 16.9. The van der Waals surface area contributed by atoms with Gasteiger partial charge in [-0.25, -0.2) is 9.59 Å². The molecule has 0 bridgehead atoms. The number of hydrogen-bond acceptors (Lipinski definition) is 7. The lowest BCUT2D eigenvalue weighted by molar-refractivity contribution is -0.116. The van der Waals surface area contributed by atoms with Gasteiger partial charge in [0.1, 0.15) is 18.5 Å². The summed E-state index contributed by atoms with van der Waals surface area (Å²) in [6.07, 6.45) is 3.26. The zero-order valence-corrected chi connectivity index (χ0v) is 28.5. The van der Waals surface area contributed by atoms with Crippen LogP contribution in [0.5, 0.6) is 5.75 Å². The number of halogens is 1. The highest BCUT2D eigenvalue weighted by Crippen LogP contribution is 2.32. The highest BCUT2D eigenvalue weighted by molar-refractivity contribution is 6.34. The maximum atomic E-state index is 13.1. The molecule has 5 rings (SSSR count). The number of aryl methyl sites for hydroxylation is 1. The lowest BCUT2D eigenvalue weighted by Gasteiger charge is -2.28. The van der Waals surface area contributed by atoms with Crippen molar-refractivity contribution in [3.8, 4) is 16.9 Å². The van der Waals surface area contributed by atoms with Crippen molar-refractivity contribution in [1.82, 2.24) is 5.32 Å². The molecule has 3 amide bonds. The van der Waals surface area contributed by atoms with E-state index in [1.807, 2.05) is 78.9 Å². The van der Waals surface area contributed by atoms with Crippen LogP contribution in [-0.2, 0) is 27.3 Å². The van der Waals surface area contributed by atoms with Crippen LogP contribution in [0.1, 0.15) is 60.0 Å². The number of methoxy groups -OCH3 is 1.